The van der Waals surface area contributed by atoms with Crippen molar-refractivity contribution >= 4 is 5.95 Å². The van der Waals surface area contributed by atoms with E-state index < -0.39 is 0 Å². The Labute approximate surface area is 113 Å². The molecule has 1 aliphatic carbocycles. The molecule has 1 fully saturated rings. The van der Waals surface area contributed by atoms with E-state index in [2.05, 4.69) is 31.0 Å². The number of hydrogen-bond donors (Lipinski definition) is 1. The van der Waals surface area contributed by atoms with Crippen molar-refractivity contribution in [1.82, 2.24) is 19.5 Å². The third-order valence-corrected chi connectivity index (χ3v) is 3.65. The molecule has 0 aromatic carbocycles. The minimum Gasteiger partial charge on any atom is -0.350 e. The molecule has 0 saturated heterocycles. The average molecular weight is 257 g/mol. The van der Waals surface area contributed by atoms with Gasteiger partial charge in [-0.3, -0.25) is 0 Å². The lowest BCUT2D eigenvalue weighted by atomic mass is 10.2. The molecule has 1 saturated carbocycles. The zero-order valence-corrected chi connectivity index (χ0v) is 11.2. The molecule has 0 spiro atoms. The predicted molar refractivity (Wildman–Crippen MR) is 73.8 cm³/mol. The molecule has 0 unspecified atom stereocenters. The fourth-order valence-electron chi connectivity index (χ4n) is 2.70. The van der Waals surface area contributed by atoms with E-state index in [0.717, 1.165) is 17.5 Å². The van der Waals surface area contributed by atoms with E-state index in [1.54, 1.807) is 6.20 Å². The van der Waals surface area contributed by atoms with Gasteiger partial charge < -0.3 is 9.88 Å². The summed E-state index contributed by atoms with van der Waals surface area (Å²) in [6.45, 7) is 2.59. The highest BCUT2D eigenvalue weighted by atomic mass is 15.2. The molecule has 0 radical (unpaired) electrons. The van der Waals surface area contributed by atoms with Crippen molar-refractivity contribution in [1.29, 1.82) is 0 Å². The molecule has 0 aliphatic heterocycles. The Morgan fingerprint density at radius 2 is 2.11 bits per heavy atom. The van der Waals surface area contributed by atoms with E-state index in [9.17, 15) is 0 Å². The standard InChI is InChI=1S/C14H19N5/c1-11-15-7-6-12(18-11)10-17-14-16-8-9-19(14)13-4-2-3-5-13/h6-9,13H,2-5,10H2,1H3,(H,16,17). The first kappa shape index (κ1) is 12.1. The SMILES string of the molecule is Cc1nccc(CNc2nccn2C2CCCC2)n1. The van der Waals surface area contributed by atoms with Gasteiger partial charge in [-0.15, -0.1) is 0 Å². The van der Waals surface area contributed by atoms with Gasteiger partial charge in [0, 0.05) is 24.6 Å². The van der Waals surface area contributed by atoms with Gasteiger partial charge in [-0.25, -0.2) is 15.0 Å². The van der Waals surface area contributed by atoms with Crippen LogP contribution in [0.4, 0.5) is 5.95 Å². The molecule has 2 aromatic heterocycles. The van der Waals surface area contributed by atoms with Crippen LogP contribution in [0.3, 0.4) is 0 Å². The van der Waals surface area contributed by atoms with Crippen LogP contribution in [0.15, 0.2) is 24.7 Å². The van der Waals surface area contributed by atoms with Gasteiger partial charge in [-0.1, -0.05) is 12.8 Å². The van der Waals surface area contributed by atoms with E-state index >= 15 is 0 Å². The fourth-order valence-corrected chi connectivity index (χ4v) is 2.70. The molecule has 5 nitrogen and oxygen atoms in total. The molecule has 19 heavy (non-hydrogen) atoms. The van der Waals surface area contributed by atoms with Crippen molar-refractivity contribution in [3.05, 3.63) is 36.2 Å². The van der Waals surface area contributed by atoms with Crippen LogP contribution in [0.1, 0.15) is 43.2 Å². The van der Waals surface area contributed by atoms with Crippen LogP contribution in [0.5, 0.6) is 0 Å². The van der Waals surface area contributed by atoms with E-state index in [1.807, 2.05) is 19.2 Å². The Kier molecular flexibility index (Phi) is 3.44. The van der Waals surface area contributed by atoms with Gasteiger partial charge >= 0.3 is 0 Å². The van der Waals surface area contributed by atoms with Crippen LogP contribution in [0, 0.1) is 6.92 Å². The summed E-state index contributed by atoms with van der Waals surface area (Å²) in [7, 11) is 0. The summed E-state index contributed by atoms with van der Waals surface area (Å²) in [6, 6.07) is 2.54. The zero-order chi connectivity index (χ0) is 13.1. The Morgan fingerprint density at radius 3 is 2.89 bits per heavy atom. The molecular weight excluding hydrogens is 238 g/mol. The van der Waals surface area contributed by atoms with Crippen LogP contribution in [0.25, 0.3) is 0 Å². The second-order valence-corrected chi connectivity index (χ2v) is 5.05. The average Bonchev–Trinajstić information content (AvgIpc) is 3.07. The van der Waals surface area contributed by atoms with E-state index in [-0.39, 0.29) is 0 Å². The summed E-state index contributed by atoms with van der Waals surface area (Å²) in [5.41, 5.74) is 0.994. The van der Waals surface area contributed by atoms with Gasteiger partial charge in [-0.2, -0.15) is 0 Å². The summed E-state index contributed by atoms with van der Waals surface area (Å²) in [5.74, 6) is 1.75. The fraction of sp³-hybridized carbons (Fsp3) is 0.500. The number of aromatic nitrogens is 4. The maximum atomic E-state index is 4.41. The van der Waals surface area contributed by atoms with E-state index in [0.29, 0.717) is 12.6 Å². The Bertz CT molecular complexity index is 542. The van der Waals surface area contributed by atoms with E-state index in [1.165, 1.54) is 25.7 Å². The van der Waals surface area contributed by atoms with Crippen molar-refractivity contribution in [3.8, 4) is 0 Å². The van der Waals surface area contributed by atoms with Crippen molar-refractivity contribution in [2.24, 2.45) is 0 Å². The normalized spacial score (nSPS) is 15.8. The summed E-state index contributed by atoms with van der Waals surface area (Å²) in [4.78, 5) is 12.9. The summed E-state index contributed by atoms with van der Waals surface area (Å²) in [6.07, 6.45) is 10.9. The molecule has 1 aliphatic rings. The molecule has 2 heterocycles. The number of anilines is 1. The van der Waals surface area contributed by atoms with Gasteiger partial charge in [0.25, 0.3) is 0 Å². The number of rotatable bonds is 4. The highest BCUT2D eigenvalue weighted by Gasteiger charge is 2.18. The molecular formula is C14H19N5. The Morgan fingerprint density at radius 1 is 1.26 bits per heavy atom. The van der Waals surface area contributed by atoms with Crippen molar-refractivity contribution in [2.45, 2.75) is 45.2 Å². The number of aryl methyl sites for hydroxylation is 1. The number of nitrogens with zero attached hydrogens (tertiary/aromatic N) is 4. The molecule has 0 amide bonds. The second-order valence-electron chi connectivity index (χ2n) is 5.05. The number of imidazole rings is 1. The largest absolute Gasteiger partial charge is 0.350 e. The van der Waals surface area contributed by atoms with Crippen molar-refractivity contribution in [2.75, 3.05) is 5.32 Å². The van der Waals surface area contributed by atoms with Crippen molar-refractivity contribution in [3.63, 3.8) is 0 Å². The van der Waals surface area contributed by atoms with Crippen molar-refractivity contribution < 1.29 is 0 Å². The molecule has 1 N–H and O–H groups in total. The lowest BCUT2D eigenvalue weighted by Crippen LogP contribution is -2.11. The first-order valence-corrected chi connectivity index (χ1v) is 6.88. The third-order valence-electron chi connectivity index (χ3n) is 3.65. The quantitative estimate of drug-likeness (QED) is 0.915. The molecule has 0 bridgehead atoms. The smallest absolute Gasteiger partial charge is 0.203 e. The summed E-state index contributed by atoms with van der Waals surface area (Å²) in [5, 5.41) is 3.38. The molecule has 3 rings (SSSR count). The summed E-state index contributed by atoms with van der Waals surface area (Å²) >= 11 is 0. The zero-order valence-electron chi connectivity index (χ0n) is 11.2. The van der Waals surface area contributed by atoms with Crippen LogP contribution in [-0.2, 0) is 6.54 Å². The molecule has 2 aromatic rings. The minimum absolute atomic E-state index is 0.608. The van der Waals surface area contributed by atoms with Gasteiger partial charge in [0.2, 0.25) is 5.95 Å². The minimum atomic E-state index is 0.608. The van der Waals surface area contributed by atoms with Crippen LogP contribution in [-0.4, -0.2) is 19.5 Å². The molecule has 100 valence electrons. The lowest BCUT2D eigenvalue weighted by Gasteiger charge is -2.15. The highest BCUT2D eigenvalue weighted by Crippen LogP contribution is 2.31. The summed E-state index contributed by atoms with van der Waals surface area (Å²) < 4.78 is 2.26. The first-order valence-electron chi connectivity index (χ1n) is 6.88. The highest BCUT2D eigenvalue weighted by molar-refractivity contribution is 5.28. The van der Waals surface area contributed by atoms with Crippen LogP contribution >= 0.6 is 0 Å². The Hall–Kier alpha value is -1.91. The molecule has 0 atom stereocenters. The topological polar surface area (TPSA) is 55.6 Å². The molecule has 5 heteroatoms. The van der Waals surface area contributed by atoms with E-state index in [4.69, 9.17) is 0 Å². The maximum absolute atomic E-state index is 4.41. The van der Waals surface area contributed by atoms with Gasteiger partial charge in [0.05, 0.1) is 12.2 Å². The first-order chi connectivity index (χ1) is 9.33. The van der Waals surface area contributed by atoms with Gasteiger partial charge in [0.15, 0.2) is 0 Å². The van der Waals surface area contributed by atoms with Crippen LogP contribution < -0.4 is 5.32 Å². The van der Waals surface area contributed by atoms with Gasteiger partial charge in [0.1, 0.15) is 5.82 Å². The van der Waals surface area contributed by atoms with Gasteiger partial charge in [-0.05, 0) is 25.8 Å². The Balaban J connectivity index is 1.68. The number of hydrogen-bond acceptors (Lipinski definition) is 4. The second kappa shape index (κ2) is 5.38. The monoisotopic (exact) mass is 257 g/mol. The number of nitrogens with one attached hydrogen (secondary N) is 1. The predicted octanol–water partition coefficient (Wildman–Crippen LogP) is 2.71. The maximum Gasteiger partial charge on any atom is 0.203 e. The van der Waals surface area contributed by atoms with Crippen LogP contribution in [0.2, 0.25) is 0 Å². The third kappa shape index (κ3) is 2.75. The lowest BCUT2D eigenvalue weighted by molar-refractivity contribution is 0.523.